The molecule has 0 rings (SSSR count). The number of allylic oxidation sites excluding steroid dienone is 15. The summed E-state index contributed by atoms with van der Waals surface area (Å²) >= 11 is 0. The van der Waals surface area contributed by atoms with E-state index in [9.17, 15) is 19.4 Å². The Hall–Kier alpha value is -2.58. The van der Waals surface area contributed by atoms with Crippen LogP contribution in [0.15, 0.2) is 97.2 Å². The highest BCUT2D eigenvalue weighted by molar-refractivity contribution is 7.45. The fourth-order valence-electron chi connectivity index (χ4n) is 6.94. The smallest absolute Gasteiger partial charge is 0.268 e. The first kappa shape index (κ1) is 62.4. The summed E-state index contributed by atoms with van der Waals surface area (Å²) < 4.78 is 23.2. The summed E-state index contributed by atoms with van der Waals surface area (Å²) in [4.78, 5) is 25.4. The molecule has 8 nitrogen and oxygen atoms in total. The zero-order chi connectivity index (χ0) is 47.8. The van der Waals surface area contributed by atoms with E-state index in [0.29, 0.717) is 17.4 Å². The standard InChI is InChI=1S/C56H99N2O6P/c1-6-8-10-12-14-16-18-20-22-23-24-25-26-27-28-29-30-31-32-33-34-35-36-38-40-42-44-46-48-50-56(60)57-54(53-64-65(61,62)63-52-51-58(3,4)5)55(59)49-47-45-43-41-39-37-21-19-17-15-13-11-9-7-2/h8,10,14,16,20,22,24-25,27-28,30-31,39,41,47,49,54-55,59H,6-7,9,11-13,15,17-19,21,23,26,29,32-38,40,42-46,48,50-53H2,1-5H3,(H-,57,60,61,62)/b10-8-,16-14-,22-20-,25-24-,28-27-,31-30-,41-39+,49-47+. The van der Waals surface area contributed by atoms with Crippen LogP contribution < -0.4 is 10.2 Å². The molecule has 65 heavy (non-hydrogen) atoms. The molecule has 374 valence electrons. The second-order valence-corrected chi connectivity index (χ2v) is 19.9. The van der Waals surface area contributed by atoms with E-state index >= 15 is 0 Å². The SMILES string of the molecule is CC/C=C\C/C=C\C/C=C\C/C=C\C/C=C\C/C=C\CCCCCCCCCCCCC(=O)NC(COP(=O)([O-])OCC[N+](C)(C)C)C(O)/C=C/CC/C=C/CCCCCCCCCC. The first-order valence-corrected chi connectivity index (χ1v) is 27.6. The number of likely N-dealkylation sites (N-methyl/N-ethyl adjacent to an activating group) is 1. The van der Waals surface area contributed by atoms with Crippen LogP contribution in [0.25, 0.3) is 0 Å². The molecule has 0 aromatic rings. The molecule has 1 amide bonds. The number of quaternary nitrogens is 1. The van der Waals surface area contributed by atoms with Crippen LogP contribution in [-0.2, 0) is 18.4 Å². The summed E-state index contributed by atoms with van der Waals surface area (Å²) in [5.74, 6) is -0.217. The number of carbonyl (C=O) groups excluding carboxylic acids is 1. The molecule has 0 radical (unpaired) electrons. The number of carbonyl (C=O) groups is 1. The molecule has 3 atom stereocenters. The zero-order valence-electron chi connectivity index (χ0n) is 42.4. The molecule has 0 aliphatic heterocycles. The van der Waals surface area contributed by atoms with Crippen molar-refractivity contribution in [2.45, 2.75) is 212 Å². The third-order valence-electron chi connectivity index (χ3n) is 11.0. The van der Waals surface area contributed by atoms with E-state index in [2.05, 4.69) is 104 Å². The lowest BCUT2D eigenvalue weighted by Crippen LogP contribution is -2.45. The van der Waals surface area contributed by atoms with E-state index in [-0.39, 0.29) is 12.5 Å². The number of unbranched alkanes of at least 4 members (excludes halogenated alkanes) is 19. The molecule has 0 fully saturated rings. The van der Waals surface area contributed by atoms with E-state index < -0.39 is 26.6 Å². The van der Waals surface area contributed by atoms with Crippen molar-refractivity contribution in [1.29, 1.82) is 0 Å². The van der Waals surface area contributed by atoms with Crippen molar-refractivity contribution in [2.75, 3.05) is 40.9 Å². The van der Waals surface area contributed by atoms with E-state index in [1.165, 1.54) is 96.3 Å². The van der Waals surface area contributed by atoms with Crippen LogP contribution >= 0.6 is 7.82 Å². The van der Waals surface area contributed by atoms with Crippen molar-refractivity contribution in [1.82, 2.24) is 5.32 Å². The number of hydrogen-bond donors (Lipinski definition) is 2. The average Bonchev–Trinajstić information content (AvgIpc) is 3.26. The van der Waals surface area contributed by atoms with Gasteiger partial charge in [0.05, 0.1) is 39.9 Å². The number of phosphoric ester groups is 1. The number of amides is 1. The van der Waals surface area contributed by atoms with Crippen LogP contribution in [0.3, 0.4) is 0 Å². The number of nitrogens with zero attached hydrogens (tertiary/aromatic N) is 1. The maximum atomic E-state index is 12.9. The molecule has 0 spiro atoms. The number of phosphoric acid groups is 1. The molecule has 0 aromatic carbocycles. The number of nitrogens with one attached hydrogen (secondary N) is 1. The molecule has 0 aromatic heterocycles. The molecule has 0 aliphatic rings. The van der Waals surface area contributed by atoms with Gasteiger partial charge >= 0.3 is 0 Å². The Labute approximate surface area is 400 Å². The number of aliphatic hydroxyl groups excluding tert-OH is 1. The summed E-state index contributed by atoms with van der Waals surface area (Å²) in [6.45, 7) is 4.49. The second-order valence-electron chi connectivity index (χ2n) is 18.5. The molecule has 9 heteroatoms. The summed E-state index contributed by atoms with van der Waals surface area (Å²) in [6, 6.07) is -0.911. The Kier molecular flexibility index (Phi) is 44.7. The van der Waals surface area contributed by atoms with Crippen LogP contribution in [0.5, 0.6) is 0 Å². The lowest BCUT2D eigenvalue weighted by molar-refractivity contribution is -0.870. The molecule has 0 saturated heterocycles. The van der Waals surface area contributed by atoms with Gasteiger partial charge in [0, 0.05) is 6.42 Å². The Bertz CT molecular complexity index is 1370. The highest BCUT2D eigenvalue weighted by atomic mass is 31.2. The highest BCUT2D eigenvalue weighted by Gasteiger charge is 2.23. The Balaban J connectivity index is 4.26. The van der Waals surface area contributed by atoms with Gasteiger partial charge in [0.15, 0.2) is 0 Å². The molecule has 0 aliphatic carbocycles. The third kappa shape index (κ3) is 49.2. The van der Waals surface area contributed by atoms with Crippen molar-refractivity contribution in [3.8, 4) is 0 Å². The van der Waals surface area contributed by atoms with Crippen molar-refractivity contribution >= 4 is 13.7 Å². The van der Waals surface area contributed by atoms with E-state index in [1.807, 2.05) is 27.2 Å². The Morgan fingerprint density at radius 3 is 1.43 bits per heavy atom. The van der Waals surface area contributed by atoms with E-state index in [1.54, 1.807) is 6.08 Å². The second kappa shape index (κ2) is 46.5. The van der Waals surface area contributed by atoms with Gasteiger partial charge in [0.1, 0.15) is 13.2 Å². The lowest BCUT2D eigenvalue weighted by atomic mass is 10.0. The van der Waals surface area contributed by atoms with E-state index in [0.717, 1.165) is 83.5 Å². The monoisotopic (exact) mass is 927 g/mol. The van der Waals surface area contributed by atoms with Gasteiger partial charge in [0.2, 0.25) is 5.91 Å². The van der Waals surface area contributed by atoms with Crippen molar-refractivity contribution in [2.24, 2.45) is 0 Å². The largest absolute Gasteiger partial charge is 0.756 e. The molecular formula is C56H99N2O6P. The maximum absolute atomic E-state index is 12.9. The Morgan fingerprint density at radius 2 is 0.954 bits per heavy atom. The summed E-state index contributed by atoms with van der Waals surface area (Å²) in [5, 5.41) is 13.8. The molecular weight excluding hydrogens is 828 g/mol. The zero-order valence-corrected chi connectivity index (χ0v) is 43.3. The molecule has 3 unspecified atom stereocenters. The fourth-order valence-corrected chi connectivity index (χ4v) is 7.66. The third-order valence-corrected chi connectivity index (χ3v) is 12.0. The Morgan fingerprint density at radius 1 is 0.554 bits per heavy atom. The van der Waals surface area contributed by atoms with Crippen LogP contribution in [0.4, 0.5) is 0 Å². The number of rotatable bonds is 46. The van der Waals surface area contributed by atoms with Crippen molar-refractivity contribution < 1.29 is 32.9 Å². The predicted molar refractivity (Wildman–Crippen MR) is 279 cm³/mol. The molecule has 0 heterocycles. The number of hydrogen-bond acceptors (Lipinski definition) is 6. The first-order valence-electron chi connectivity index (χ1n) is 26.1. The van der Waals surface area contributed by atoms with Crippen molar-refractivity contribution in [3.63, 3.8) is 0 Å². The lowest BCUT2D eigenvalue weighted by Gasteiger charge is -2.29. The summed E-state index contributed by atoms with van der Waals surface area (Å²) in [6.07, 6.45) is 66.1. The van der Waals surface area contributed by atoms with E-state index in [4.69, 9.17) is 9.05 Å². The normalized spacial score (nSPS) is 14.9. The minimum Gasteiger partial charge on any atom is -0.756 e. The molecule has 0 bridgehead atoms. The van der Waals surface area contributed by atoms with Gasteiger partial charge in [-0.25, -0.2) is 0 Å². The summed E-state index contributed by atoms with van der Waals surface area (Å²) in [5.41, 5.74) is 0. The van der Waals surface area contributed by atoms with Crippen LogP contribution in [-0.4, -0.2) is 68.5 Å². The minimum absolute atomic E-state index is 0.0119. The average molecular weight is 927 g/mol. The summed E-state index contributed by atoms with van der Waals surface area (Å²) in [7, 11) is 1.23. The van der Waals surface area contributed by atoms with Crippen LogP contribution in [0.2, 0.25) is 0 Å². The quantitative estimate of drug-likeness (QED) is 0.0272. The van der Waals surface area contributed by atoms with Gasteiger partial charge < -0.3 is 28.8 Å². The first-order chi connectivity index (χ1) is 31.5. The van der Waals surface area contributed by atoms with Gasteiger partial charge in [-0.2, -0.15) is 0 Å². The van der Waals surface area contributed by atoms with Gasteiger partial charge in [-0.05, 0) is 83.5 Å². The van der Waals surface area contributed by atoms with Gasteiger partial charge in [-0.1, -0.05) is 207 Å². The van der Waals surface area contributed by atoms with Crippen LogP contribution in [0.1, 0.15) is 200 Å². The fraction of sp³-hybridized carbons (Fsp3) is 0.696. The number of aliphatic hydroxyl groups is 1. The van der Waals surface area contributed by atoms with Crippen LogP contribution in [0, 0.1) is 0 Å². The predicted octanol–water partition coefficient (Wildman–Crippen LogP) is 14.8. The topological polar surface area (TPSA) is 108 Å². The van der Waals surface area contributed by atoms with Crippen molar-refractivity contribution in [3.05, 3.63) is 97.2 Å². The minimum atomic E-state index is -4.61. The van der Waals surface area contributed by atoms with Gasteiger partial charge in [-0.3, -0.25) is 9.36 Å². The van der Waals surface area contributed by atoms with Gasteiger partial charge in [-0.15, -0.1) is 0 Å². The highest BCUT2D eigenvalue weighted by Crippen LogP contribution is 2.38. The molecule has 0 saturated carbocycles. The molecule has 2 N–H and O–H groups in total. The maximum Gasteiger partial charge on any atom is 0.268 e. The van der Waals surface area contributed by atoms with Gasteiger partial charge in [0.25, 0.3) is 7.82 Å².